The summed E-state index contributed by atoms with van der Waals surface area (Å²) in [5.74, 6) is 0.834. The number of carbonyl (C=O) groups excluding carboxylic acids is 1. The van der Waals surface area contributed by atoms with Crippen molar-refractivity contribution in [3.8, 4) is 0 Å². The molecule has 2 rings (SSSR count). The average molecular weight is 474 g/mol. The maximum Gasteiger partial charge on any atom is 0.305 e. The van der Waals surface area contributed by atoms with E-state index in [1.54, 1.807) is 0 Å². The van der Waals surface area contributed by atoms with E-state index in [2.05, 4.69) is 57.1 Å². The molecule has 0 bridgehead atoms. The second-order valence-electron chi connectivity index (χ2n) is 6.08. The van der Waals surface area contributed by atoms with Crippen LogP contribution in [0.2, 0.25) is 0 Å². The molecule has 7 heteroatoms. The van der Waals surface area contributed by atoms with Gasteiger partial charge in [0, 0.05) is 51.4 Å². The Morgan fingerprint density at radius 1 is 1.15 bits per heavy atom. The molecule has 0 atom stereocenters. The van der Waals surface area contributed by atoms with Gasteiger partial charge in [-0.25, -0.2) is 0 Å². The van der Waals surface area contributed by atoms with Crippen LogP contribution in [-0.2, 0) is 9.53 Å². The number of unbranched alkanes of at least 4 members (excludes halogenated alkanes) is 1. The molecule has 1 fully saturated rings. The molecule has 6 nitrogen and oxygen atoms in total. The lowest BCUT2D eigenvalue weighted by molar-refractivity contribution is -0.140. The van der Waals surface area contributed by atoms with Crippen LogP contribution in [0.15, 0.2) is 35.3 Å². The van der Waals surface area contributed by atoms with Gasteiger partial charge in [0.2, 0.25) is 0 Å². The van der Waals surface area contributed by atoms with Gasteiger partial charge in [0.25, 0.3) is 0 Å². The van der Waals surface area contributed by atoms with Crippen molar-refractivity contribution in [3.05, 3.63) is 30.3 Å². The molecule has 1 saturated heterocycles. The van der Waals surface area contributed by atoms with E-state index in [0.717, 1.165) is 58.1 Å². The Bertz CT molecular complexity index is 546. The summed E-state index contributed by atoms with van der Waals surface area (Å²) in [6, 6.07) is 10.5. The van der Waals surface area contributed by atoms with Crippen molar-refractivity contribution in [3.63, 3.8) is 0 Å². The number of nitrogens with one attached hydrogen (secondary N) is 1. The Morgan fingerprint density at radius 2 is 1.85 bits per heavy atom. The molecule has 1 aromatic rings. The second-order valence-corrected chi connectivity index (χ2v) is 6.08. The number of piperazine rings is 1. The molecule has 0 unspecified atom stereocenters. The standard InChI is InChI=1S/C19H30N4O2.HI/c1-3-20-19(21-12-8-7-11-18(24)25-2)23-15-13-22(14-16-23)17-9-5-4-6-10-17;/h4-6,9-10H,3,7-8,11-16H2,1-2H3,(H,20,21);1H. The molecular formula is C19H31IN4O2. The lowest BCUT2D eigenvalue weighted by Crippen LogP contribution is -2.52. The van der Waals surface area contributed by atoms with Crippen molar-refractivity contribution < 1.29 is 9.53 Å². The van der Waals surface area contributed by atoms with E-state index in [1.165, 1.54) is 12.8 Å². The van der Waals surface area contributed by atoms with Crippen LogP contribution in [0.4, 0.5) is 5.69 Å². The van der Waals surface area contributed by atoms with E-state index < -0.39 is 0 Å². The third-order valence-electron chi connectivity index (χ3n) is 4.31. The van der Waals surface area contributed by atoms with E-state index in [1.807, 2.05) is 0 Å². The summed E-state index contributed by atoms with van der Waals surface area (Å²) >= 11 is 0. The van der Waals surface area contributed by atoms with Crippen molar-refractivity contribution in [2.24, 2.45) is 4.99 Å². The number of guanidine groups is 1. The van der Waals surface area contributed by atoms with E-state index in [4.69, 9.17) is 4.99 Å². The van der Waals surface area contributed by atoms with Crippen molar-refractivity contribution in [2.45, 2.75) is 26.2 Å². The first-order valence-electron chi connectivity index (χ1n) is 9.14. The smallest absolute Gasteiger partial charge is 0.305 e. The largest absolute Gasteiger partial charge is 0.469 e. The Morgan fingerprint density at radius 3 is 2.46 bits per heavy atom. The first-order chi connectivity index (χ1) is 12.2. The minimum absolute atomic E-state index is 0. The summed E-state index contributed by atoms with van der Waals surface area (Å²) in [6.45, 7) is 7.60. The highest BCUT2D eigenvalue weighted by Gasteiger charge is 2.19. The van der Waals surface area contributed by atoms with Gasteiger partial charge in [0.1, 0.15) is 0 Å². The van der Waals surface area contributed by atoms with Gasteiger partial charge < -0.3 is 19.9 Å². The molecule has 0 aromatic heterocycles. The summed E-state index contributed by atoms with van der Waals surface area (Å²) in [5.41, 5.74) is 1.28. The molecule has 1 aliphatic heterocycles. The van der Waals surface area contributed by atoms with Crippen molar-refractivity contribution in [1.82, 2.24) is 10.2 Å². The van der Waals surface area contributed by atoms with Crippen LogP contribution in [0.1, 0.15) is 26.2 Å². The van der Waals surface area contributed by atoms with Crippen LogP contribution < -0.4 is 10.2 Å². The van der Waals surface area contributed by atoms with E-state index in [0.29, 0.717) is 6.42 Å². The highest BCUT2D eigenvalue weighted by atomic mass is 127. The first-order valence-corrected chi connectivity index (χ1v) is 9.14. The zero-order valence-electron chi connectivity index (χ0n) is 15.8. The number of anilines is 1. The molecule has 1 aliphatic rings. The summed E-state index contributed by atoms with van der Waals surface area (Å²) in [6.07, 6.45) is 2.18. The normalized spacial score (nSPS) is 14.6. The Balaban J connectivity index is 0.00000338. The molecule has 146 valence electrons. The maximum absolute atomic E-state index is 11.1. The molecule has 1 heterocycles. The highest BCUT2D eigenvalue weighted by molar-refractivity contribution is 14.0. The van der Waals surface area contributed by atoms with E-state index >= 15 is 0 Å². The molecule has 0 aliphatic carbocycles. The summed E-state index contributed by atoms with van der Waals surface area (Å²) in [5, 5.41) is 3.38. The monoisotopic (exact) mass is 474 g/mol. The number of aliphatic imine (C=N–C) groups is 1. The molecule has 0 radical (unpaired) electrons. The number of hydrogen-bond donors (Lipinski definition) is 1. The van der Waals surface area contributed by atoms with Gasteiger partial charge in [0.05, 0.1) is 7.11 Å². The number of nitrogens with zero attached hydrogens (tertiary/aromatic N) is 3. The number of rotatable bonds is 7. The van der Waals surface area contributed by atoms with Crippen LogP contribution in [0.3, 0.4) is 0 Å². The minimum Gasteiger partial charge on any atom is -0.469 e. The number of halogens is 1. The fourth-order valence-corrected chi connectivity index (χ4v) is 2.91. The lowest BCUT2D eigenvalue weighted by Gasteiger charge is -2.37. The van der Waals surface area contributed by atoms with Crippen LogP contribution in [-0.4, -0.2) is 63.2 Å². The van der Waals surface area contributed by atoms with E-state index in [9.17, 15) is 4.79 Å². The summed E-state index contributed by atoms with van der Waals surface area (Å²) < 4.78 is 4.66. The Labute approximate surface area is 174 Å². The molecule has 1 N–H and O–H groups in total. The van der Waals surface area contributed by atoms with Gasteiger partial charge in [-0.3, -0.25) is 9.79 Å². The fraction of sp³-hybridized carbons (Fsp3) is 0.579. The second kappa shape index (κ2) is 12.8. The van der Waals surface area contributed by atoms with Crippen LogP contribution in [0.25, 0.3) is 0 Å². The number of methoxy groups -OCH3 is 1. The van der Waals surface area contributed by atoms with Crippen LogP contribution in [0.5, 0.6) is 0 Å². The maximum atomic E-state index is 11.1. The molecule has 0 saturated carbocycles. The van der Waals surface area contributed by atoms with Crippen molar-refractivity contribution in [2.75, 3.05) is 51.3 Å². The van der Waals surface area contributed by atoms with Gasteiger partial charge in [-0.05, 0) is 31.9 Å². The van der Waals surface area contributed by atoms with Gasteiger partial charge in [-0.1, -0.05) is 18.2 Å². The minimum atomic E-state index is -0.145. The predicted molar refractivity (Wildman–Crippen MR) is 117 cm³/mol. The Hall–Kier alpha value is -1.51. The van der Waals surface area contributed by atoms with Gasteiger partial charge in [0.15, 0.2) is 5.96 Å². The fourth-order valence-electron chi connectivity index (χ4n) is 2.91. The van der Waals surface area contributed by atoms with Crippen molar-refractivity contribution >= 4 is 41.6 Å². The third-order valence-corrected chi connectivity index (χ3v) is 4.31. The van der Waals surface area contributed by atoms with Crippen molar-refractivity contribution in [1.29, 1.82) is 0 Å². The topological polar surface area (TPSA) is 57.2 Å². The van der Waals surface area contributed by atoms with Gasteiger partial charge >= 0.3 is 5.97 Å². The Kier molecular flexibility index (Phi) is 11.1. The van der Waals surface area contributed by atoms with Gasteiger partial charge in [-0.15, -0.1) is 24.0 Å². The molecule has 26 heavy (non-hydrogen) atoms. The van der Waals surface area contributed by atoms with Crippen LogP contribution >= 0.6 is 24.0 Å². The lowest BCUT2D eigenvalue weighted by atomic mass is 10.2. The molecule has 0 spiro atoms. The summed E-state index contributed by atoms with van der Waals surface area (Å²) in [4.78, 5) is 20.6. The quantitative estimate of drug-likeness (QED) is 0.217. The predicted octanol–water partition coefficient (Wildman–Crippen LogP) is 2.74. The first kappa shape index (κ1) is 22.5. The number of ether oxygens (including phenoxy) is 1. The molecule has 1 aromatic carbocycles. The number of carbonyl (C=O) groups is 1. The third kappa shape index (κ3) is 7.39. The van der Waals surface area contributed by atoms with E-state index in [-0.39, 0.29) is 29.9 Å². The van der Waals surface area contributed by atoms with Gasteiger partial charge in [-0.2, -0.15) is 0 Å². The molecule has 0 amide bonds. The number of para-hydroxylation sites is 1. The molecular weight excluding hydrogens is 443 g/mol. The number of hydrogen-bond acceptors (Lipinski definition) is 4. The number of esters is 1. The van der Waals surface area contributed by atoms with Crippen LogP contribution in [0, 0.1) is 0 Å². The zero-order valence-corrected chi connectivity index (χ0v) is 18.1. The zero-order chi connectivity index (χ0) is 17.9. The number of benzene rings is 1. The average Bonchev–Trinajstić information content (AvgIpc) is 2.67. The SMILES string of the molecule is CCNC(=NCCCCC(=O)OC)N1CCN(c2ccccc2)CC1.I. The summed E-state index contributed by atoms with van der Waals surface area (Å²) in [7, 11) is 1.43. The highest BCUT2D eigenvalue weighted by Crippen LogP contribution is 2.15.